The summed E-state index contributed by atoms with van der Waals surface area (Å²) in [5.74, 6) is 0.494. The quantitative estimate of drug-likeness (QED) is 0.729. The van der Waals surface area contributed by atoms with Crippen molar-refractivity contribution in [2.45, 2.75) is 38.5 Å². The Kier molecular flexibility index (Phi) is 5.74. The first kappa shape index (κ1) is 12.5. The van der Waals surface area contributed by atoms with Crippen molar-refractivity contribution in [3.63, 3.8) is 0 Å². The zero-order valence-corrected chi connectivity index (χ0v) is 10.1. The summed E-state index contributed by atoms with van der Waals surface area (Å²) in [6, 6.07) is 8.07. The van der Waals surface area contributed by atoms with Crippen molar-refractivity contribution in [3.05, 3.63) is 34.9 Å². The van der Waals surface area contributed by atoms with Gasteiger partial charge in [-0.15, -0.1) is 0 Å². The number of unbranched alkanes of at least 4 members (excludes halogenated alkanes) is 2. The molecule has 1 aromatic carbocycles. The first-order valence-electron chi connectivity index (χ1n) is 5.73. The predicted molar refractivity (Wildman–Crippen MR) is 67.4 cm³/mol. The van der Waals surface area contributed by atoms with Crippen LogP contribution in [0.25, 0.3) is 0 Å². The lowest BCUT2D eigenvalue weighted by molar-refractivity contribution is 0.572. The van der Waals surface area contributed by atoms with E-state index in [1.807, 2.05) is 12.1 Å². The molecule has 15 heavy (non-hydrogen) atoms. The van der Waals surface area contributed by atoms with Gasteiger partial charge in [0.05, 0.1) is 0 Å². The summed E-state index contributed by atoms with van der Waals surface area (Å²) in [5, 5.41) is 0.795. The van der Waals surface area contributed by atoms with Crippen molar-refractivity contribution >= 4 is 11.6 Å². The molecule has 0 radical (unpaired) electrons. The Morgan fingerprint density at radius 3 is 2.40 bits per heavy atom. The highest BCUT2D eigenvalue weighted by Gasteiger charge is 2.08. The van der Waals surface area contributed by atoms with Crippen LogP contribution >= 0.6 is 11.6 Å². The Bertz CT molecular complexity index is 268. The van der Waals surface area contributed by atoms with Gasteiger partial charge < -0.3 is 5.73 Å². The first-order valence-corrected chi connectivity index (χ1v) is 6.11. The van der Waals surface area contributed by atoms with E-state index in [1.165, 1.54) is 31.2 Å². The molecule has 0 aliphatic rings. The summed E-state index contributed by atoms with van der Waals surface area (Å²) in [5.41, 5.74) is 7.11. The number of hydrogen-bond donors (Lipinski definition) is 1. The fraction of sp³-hybridized carbons (Fsp3) is 0.538. The molecule has 1 unspecified atom stereocenters. The van der Waals surface area contributed by atoms with E-state index in [-0.39, 0.29) is 0 Å². The van der Waals surface area contributed by atoms with Crippen LogP contribution in [0.2, 0.25) is 5.02 Å². The van der Waals surface area contributed by atoms with Crippen LogP contribution in [0.5, 0.6) is 0 Å². The smallest absolute Gasteiger partial charge is 0.0406 e. The molecule has 1 aromatic rings. The average Bonchev–Trinajstić information content (AvgIpc) is 2.26. The van der Waals surface area contributed by atoms with E-state index in [0.29, 0.717) is 5.92 Å². The molecule has 0 saturated carbocycles. The third kappa shape index (κ3) is 4.23. The monoisotopic (exact) mass is 225 g/mol. The predicted octanol–water partition coefficient (Wildman–Crippen LogP) is 3.96. The number of hydrogen-bond acceptors (Lipinski definition) is 1. The maximum Gasteiger partial charge on any atom is 0.0406 e. The van der Waals surface area contributed by atoms with Crippen LogP contribution in [0.1, 0.15) is 44.1 Å². The molecule has 0 aliphatic carbocycles. The highest BCUT2D eigenvalue weighted by Crippen LogP contribution is 2.22. The van der Waals surface area contributed by atoms with Crippen molar-refractivity contribution in [1.29, 1.82) is 0 Å². The second-order valence-electron chi connectivity index (χ2n) is 3.98. The minimum Gasteiger partial charge on any atom is -0.330 e. The molecule has 0 spiro atoms. The Balaban J connectivity index is 2.53. The minimum atomic E-state index is 0.494. The zero-order chi connectivity index (χ0) is 11.1. The van der Waals surface area contributed by atoms with Crippen LogP contribution in [-0.2, 0) is 0 Å². The van der Waals surface area contributed by atoms with Gasteiger partial charge in [0.1, 0.15) is 0 Å². The third-order valence-electron chi connectivity index (χ3n) is 2.78. The summed E-state index contributed by atoms with van der Waals surface area (Å²) in [6.45, 7) is 2.95. The maximum atomic E-state index is 5.86. The lowest BCUT2D eigenvalue weighted by Gasteiger charge is -2.14. The minimum absolute atomic E-state index is 0.494. The molecule has 1 atom stereocenters. The number of rotatable bonds is 6. The number of nitrogens with two attached hydrogens (primary N) is 1. The van der Waals surface area contributed by atoms with Gasteiger partial charge in [-0.05, 0) is 36.6 Å². The van der Waals surface area contributed by atoms with Crippen LogP contribution in [0, 0.1) is 0 Å². The number of halogens is 1. The summed E-state index contributed by atoms with van der Waals surface area (Å²) >= 11 is 5.86. The Labute approximate surface area is 97.6 Å². The van der Waals surface area contributed by atoms with Crippen LogP contribution in [0.3, 0.4) is 0 Å². The van der Waals surface area contributed by atoms with Gasteiger partial charge in [-0.3, -0.25) is 0 Å². The molecule has 1 nitrogen and oxygen atoms in total. The molecule has 1 rings (SSSR count). The lowest BCUT2D eigenvalue weighted by atomic mass is 9.93. The summed E-state index contributed by atoms with van der Waals surface area (Å²) in [6.07, 6.45) is 5.01. The molecule has 84 valence electrons. The van der Waals surface area contributed by atoms with Crippen LogP contribution in [0.15, 0.2) is 24.3 Å². The van der Waals surface area contributed by atoms with Crippen molar-refractivity contribution < 1.29 is 0 Å². The van der Waals surface area contributed by atoms with Crippen LogP contribution < -0.4 is 5.73 Å². The van der Waals surface area contributed by atoms with Gasteiger partial charge in [0.15, 0.2) is 0 Å². The normalized spacial score (nSPS) is 12.7. The molecule has 0 heterocycles. The second-order valence-corrected chi connectivity index (χ2v) is 4.42. The lowest BCUT2D eigenvalue weighted by Crippen LogP contribution is -2.12. The maximum absolute atomic E-state index is 5.86. The second kappa shape index (κ2) is 6.86. The van der Waals surface area contributed by atoms with Crippen molar-refractivity contribution in [2.75, 3.05) is 6.54 Å². The van der Waals surface area contributed by atoms with Crippen LogP contribution in [0.4, 0.5) is 0 Å². The Morgan fingerprint density at radius 1 is 1.20 bits per heavy atom. The first-order chi connectivity index (χ1) is 7.27. The van der Waals surface area contributed by atoms with E-state index in [4.69, 9.17) is 17.3 Å². The van der Waals surface area contributed by atoms with Gasteiger partial charge in [0.2, 0.25) is 0 Å². The van der Waals surface area contributed by atoms with E-state index in [1.54, 1.807) is 0 Å². The highest BCUT2D eigenvalue weighted by molar-refractivity contribution is 6.30. The molecule has 0 bridgehead atoms. The van der Waals surface area contributed by atoms with Gasteiger partial charge >= 0.3 is 0 Å². The fourth-order valence-electron chi connectivity index (χ4n) is 1.80. The molecule has 0 amide bonds. The van der Waals surface area contributed by atoms with Gasteiger partial charge in [0.25, 0.3) is 0 Å². The standard InChI is InChI=1S/C13H20ClN/c1-2-3-4-5-12(10-15)11-6-8-13(14)9-7-11/h6-9,12H,2-5,10,15H2,1H3. The van der Waals surface area contributed by atoms with E-state index in [2.05, 4.69) is 19.1 Å². The third-order valence-corrected chi connectivity index (χ3v) is 3.03. The zero-order valence-electron chi connectivity index (χ0n) is 9.38. The molecule has 0 aliphatic heterocycles. The van der Waals surface area contributed by atoms with E-state index >= 15 is 0 Å². The van der Waals surface area contributed by atoms with E-state index in [9.17, 15) is 0 Å². The number of benzene rings is 1. The molecule has 0 aromatic heterocycles. The van der Waals surface area contributed by atoms with Crippen molar-refractivity contribution in [2.24, 2.45) is 5.73 Å². The molecule has 0 fully saturated rings. The van der Waals surface area contributed by atoms with Crippen LogP contribution in [-0.4, -0.2) is 6.54 Å². The fourth-order valence-corrected chi connectivity index (χ4v) is 1.92. The van der Waals surface area contributed by atoms with Gasteiger partial charge in [-0.2, -0.15) is 0 Å². The summed E-state index contributed by atoms with van der Waals surface area (Å²) < 4.78 is 0. The Morgan fingerprint density at radius 2 is 1.87 bits per heavy atom. The average molecular weight is 226 g/mol. The van der Waals surface area contributed by atoms with Crippen molar-refractivity contribution in [3.8, 4) is 0 Å². The topological polar surface area (TPSA) is 26.0 Å². The van der Waals surface area contributed by atoms with Gasteiger partial charge in [-0.25, -0.2) is 0 Å². The Hall–Kier alpha value is -0.530. The largest absolute Gasteiger partial charge is 0.330 e. The molecular weight excluding hydrogens is 206 g/mol. The van der Waals surface area contributed by atoms with Gasteiger partial charge in [0, 0.05) is 5.02 Å². The SMILES string of the molecule is CCCCCC(CN)c1ccc(Cl)cc1. The molecule has 2 heteroatoms. The highest BCUT2D eigenvalue weighted by atomic mass is 35.5. The summed E-state index contributed by atoms with van der Waals surface area (Å²) in [7, 11) is 0. The van der Waals surface area contributed by atoms with Gasteiger partial charge in [-0.1, -0.05) is 49.9 Å². The van der Waals surface area contributed by atoms with Crippen molar-refractivity contribution in [1.82, 2.24) is 0 Å². The summed E-state index contributed by atoms with van der Waals surface area (Å²) in [4.78, 5) is 0. The molecule has 0 saturated heterocycles. The van der Waals surface area contributed by atoms with E-state index in [0.717, 1.165) is 11.6 Å². The molecule has 2 N–H and O–H groups in total. The molecular formula is C13H20ClN. The van der Waals surface area contributed by atoms with E-state index < -0.39 is 0 Å².